The Kier molecular flexibility index (Phi) is 7.47. The Hall–Kier alpha value is -1.71. The maximum Gasteiger partial charge on any atom is 0.341 e. The fourth-order valence-corrected chi connectivity index (χ4v) is 1.69. The molecule has 0 fully saturated rings. The maximum atomic E-state index is 10.4. The first-order valence-corrected chi connectivity index (χ1v) is 6.80. The molecule has 4 nitrogen and oxygen atoms in total. The molecule has 106 valence electrons. The van der Waals surface area contributed by atoms with Crippen molar-refractivity contribution >= 4 is 5.97 Å². The van der Waals surface area contributed by atoms with Gasteiger partial charge >= 0.3 is 5.97 Å². The minimum Gasteiger partial charge on any atom is -0.493 e. The molecule has 0 bridgehead atoms. The van der Waals surface area contributed by atoms with Crippen LogP contribution in [0.3, 0.4) is 0 Å². The van der Waals surface area contributed by atoms with Gasteiger partial charge in [0.15, 0.2) is 6.61 Å². The minimum absolute atomic E-state index is 0.333. The molecular formula is C15H22O4. The highest BCUT2D eigenvalue weighted by Gasteiger charge is 2.01. The highest BCUT2D eigenvalue weighted by atomic mass is 16.5. The molecule has 0 aliphatic heterocycles. The summed E-state index contributed by atoms with van der Waals surface area (Å²) in [5.74, 6) is 0.256. The summed E-state index contributed by atoms with van der Waals surface area (Å²) in [6.07, 6.45) is 5.99. The number of unbranched alkanes of at least 4 members (excludes halogenated alkanes) is 4. The van der Waals surface area contributed by atoms with Gasteiger partial charge < -0.3 is 14.6 Å². The Morgan fingerprint density at radius 2 is 1.79 bits per heavy atom. The Labute approximate surface area is 114 Å². The second kappa shape index (κ2) is 9.25. The summed E-state index contributed by atoms with van der Waals surface area (Å²) >= 11 is 0. The smallest absolute Gasteiger partial charge is 0.341 e. The molecule has 1 aromatic carbocycles. The van der Waals surface area contributed by atoms with E-state index in [1.54, 1.807) is 18.2 Å². The lowest BCUT2D eigenvalue weighted by molar-refractivity contribution is -0.139. The van der Waals surface area contributed by atoms with Gasteiger partial charge in [0, 0.05) is 6.07 Å². The summed E-state index contributed by atoms with van der Waals surface area (Å²) in [5, 5.41) is 8.53. The van der Waals surface area contributed by atoms with Crippen molar-refractivity contribution in [2.45, 2.75) is 39.0 Å². The number of benzene rings is 1. The molecule has 0 saturated carbocycles. The largest absolute Gasteiger partial charge is 0.493 e. The summed E-state index contributed by atoms with van der Waals surface area (Å²) in [4.78, 5) is 10.4. The zero-order chi connectivity index (χ0) is 13.9. The standard InChI is InChI=1S/C15H22O4/c1-2-3-4-5-6-10-18-13-8-7-9-14(11-13)19-12-15(16)17/h7-9,11H,2-6,10,12H2,1H3,(H,16,17). The number of ether oxygens (including phenoxy) is 2. The molecule has 1 N–H and O–H groups in total. The molecule has 0 aromatic heterocycles. The van der Waals surface area contributed by atoms with Gasteiger partial charge in [-0.15, -0.1) is 0 Å². The summed E-state index contributed by atoms with van der Waals surface area (Å²) in [6, 6.07) is 7.08. The lowest BCUT2D eigenvalue weighted by Crippen LogP contribution is -2.09. The van der Waals surface area contributed by atoms with Crippen molar-refractivity contribution in [3.05, 3.63) is 24.3 Å². The number of hydrogen-bond donors (Lipinski definition) is 1. The van der Waals surface area contributed by atoms with Crippen LogP contribution in [0.4, 0.5) is 0 Å². The molecule has 0 unspecified atom stereocenters. The van der Waals surface area contributed by atoms with Crippen molar-refractivity contribution in [3.63, 3.8) is 0 Å². The van der Waals surface area contributed by atoms with E-state index < -0.39 is 5.97 Å². The number of carboxylic acids is 1. The average Bonchev–Trinajstić information content (AvgIpc) is 2.41. The van der Waals surface area contributed by atoms with Crippen molar-refractivity contribution in [1.82, 2.24) is 0 Å². The van der Waals surface area contributed by atoms with Gasteiger partial charge in [-0.25, -0.2) is 4.79 Å². The topological polar surface area (TPSA) is 55.8 Å². The molecule has 0 aliphatic carbocycles. The number of aliphatic carboxylic acids is 1. The van der Waals surface area contributed by atoms with E-state index >= 15 is 0 Å². The molecule has 0 amide bonds. The van der Waals surface area contributed by atoms with Crippen molar-refractivity contribution in [2.75, 3.05) is 13.2 Å². The molecule has 0 aliphatic rings. The first-order chi connectivity index (χ1) is 9.22. The quantitative estimate of drug-likeness (QED) is 0.658. The minimum atomic E-state index is -0.984. The Morgan fingerprint density at radius 1 is 1.11 bits per heavy atom. The molecule has 1 aromatic rings. The van der Waals surface area contributed by atoms with Crippen LogP contribution >= 0.6 is 0 Å². The molecule has 0 spiro atoms. The van der Waals surface area contributed by atoms with Gasteiger partial charge in [0.25, 0.3) is 0 Å². The van der Waals surface area contributed by atoms with E-state index in [0.717, 1.165) is 12.2 Å². The molecule has 1 rings (SSSR count). The van der Waals surface area contributed by atoms with Gasteiger partial charge in [-0.1, -0.05) is 38.7 Å². The first-order valence-electron chi connectivity index (χ1n) is 6.80. The van der Waals surface area contributed by atoms with Crippen molar-refractivity contribution in [3.8, 4) is 11.5 Å². The number of hydrogen-bond acceptors (Lipinski definition) is 3. The fourth-order valence-electron chi connectivity index (χ4n) is 1.69. The van der Waals surface area contributed by atoms with E-state index in [1.165, 1.54) is 25.7 Å². The van der Waals surface area contributed by atoms with Gasteiger partial charge in [0.05, 0.1) is 6.61 Å². The fraction of sp³-hybridized carbons (Fsp3) is 0.533. The van der Waals surface area contributed by atoms with Crippen molar-refractivity contribution in [2.24, 2.45) is 0 Å². The molecule has 0 heterocycles. The lowest BCUT2D eigenvalue weighted by Gasteiger charge is -2.08. The van der Waals surface area contributed by atoms with Gasteiger partial charge in [-0.05, 0) is 18.6 Å². The summed E-state index contributed by atoms with van der Waals surface area (Å²) in [6.45, 7) is 2.55. The van der Waals surface area contributed by atoms with E-state index in [2.05, 4.69) is 6.92 Å². The highest BCUT2D eigenvalue weighted by Crippen LogP contribution is 2.19. The maximum absolute atomic E-state index is 10.4. The first kappa shape index (κ1) is 15.3. The van der Waals surface area contributed by atoms with Gasteiger partial charge in [0.2, 0.25) is 0 Å². The van der Waals surface area contributed by atoms with Crippen molar-refractivity contribution < 1.29 is 19.4 Å². The highest BCUT2D eigenvalue weighted by molar-refractivity contribution is 5.68. The van der Waals surface area contributed by atoms with Crippen LogP contribution in [-0.2, 0) is 4.79 Å². The second-order valence-corrected chi connectivity index (χ2v) is 4.42. The predicted octanol–water partition coefficient (Wildman–Crippen LogP) is 3.50. The van der Waals surface area contributed by atoms with E-state index in [9.17, 15) is 4.79 Å². The van der Waals surface area contributed by atoms with Crippen LogP contribution in [0.1, 0.15) is 39.0 Å². The monoisotopic (exact) mass is 266 g/mol. The molecule has 4 heteroatoms. The van der Waals surface area contributed by atoms with Gasteiger partial charge in [-0.2, -0.15) is 0 Å². The molecular weight excluding hydrogens is 244 g/mol. The van der Waals surface area contributed by atoms with E-state index in [1.807, 2.05) is 6.07 Å². The Balaban J connectivity index is 2.25. The van der Waals surface area contributed by atoms with Crippen LogP contribution in [0.25, 0.3) is 0 Å². The zero-order valence-corrected chi connectivity index (χ0v) is 11.4. The third kappa shape index (κ3) is 7.34. The van der Waals surface area contributed by atoms with E-state index in [0.29, 0.717) is 12.4 Å². The molecule has 0 saturated heterocycles. The van der Waals surface area contributed by atoms with Crippen LogP contribution in [0.5, 0.6) is 11.5 Å². The van der Waals surface area contributed by atoms with Crippen molar-refractivity contribution in [1.29, 1.82) is 0 Å². The Morgan fingerprint density at radius 3 is 2.47 bits per heavy atom. The normalized spacial score (nSPS) is 10.2. The summed E-state index contributed by atoms with van der Waals surface area (Å²) in [5.41, 5.74) is 0. The van der Waals surface area contributed by atoms with E-state index in [4.69, 9.17) is 14.6 Å². The second-order valence-electron chi connectivity index (χ2n) is 4.42. The third-order valence-electron chi connectivity index (χ3n) is 2.68. The van der Waals surface area contributed by atoms with Crippen LogP contribution < -0.4 is 9.47 Å². The van der Waals surface area contributed by atoms with Gasteiger partial charge in [-0.3, -0.25) is 0 Å². The molecule has 0 radical (unpaired) electrons. The molecule has 19 heavy (non-hydrogen) atoms. The average molecular weight is 266 g/mol. The SMILES string of the molecule is CCCCCCCOc1cccc(OCC(=O)O)c1. The Bertz CT molecular complexity index is 376. The summed E-state index contributed by atoms with van der Waals surface area (Å²) in [7, 11) is 0. The third-order valence-corrected chi connectivity index (χ3v) is 2.68. The van der Waals surface area contributed by atoms with Crippen LogP contribution in [0, 0.1) is 0 Å². The van der Waals surface area contributed by atoms with Gasteiger partial charge in [0.1, 0.15) is 11.5 Å². The zero-order valence-electron chi connectivity index (χ0n) is 11.4. The van der Waals surface area contributed by atoms with Crippen LogP contribution in [-0.4, -0.2) is 24.3 Å². The number of rotatable bonds is 10. The number of carboxylic acid groups (broad SMARTS) is 1. The summed E-state index contributed by atoms with van der Waals surface area (Å²) < 4.78 is 10.7. The molecule has 0 atom stereocenters. The number of carbonyl (C=O) groups is 1. The van der Waals surface area contributed by atoms with Crippen LogP contribution in [0.2, 0.25) is 0 Å². The lowest BCUT2D eigenvalue weighted by atomic mass is 10.2. The van der Waals surface area contributed by atoms with E-state index in [-0.39, 0.29) is 6.61 Å². The van der Waals surface area contributed by atoms with Crippen LogP contribution in [0.15, 0.2) is 24.3 Å². The predicted molar refractivity (Wildman–Crippen MR) is 73.8 cm³/mol.